The van der Waals surface area contributed by atoms with E-state index >= 15 is 0 Å². The third-order valence-electron chi connectivity index (χ3n) is 1.11. The molecule has 40 valence electrons. The minimum Gasteiger partial charge on any atom is -0.0959 e. The third-order valence-corrected chi connectivity index (χ3v) is 1.11. The van der Waals surface area contributed by atoms with Gasteiger partial charge in [0.05, 0.1) is 0 Å². The quantitative estimate of drug-likeness (QED) is 0.440. The summed E-state index contributed by atoms with van der Waals surface area (Å²) in [6.45, 7) is 9.84. The van der Waals surface area contributed by atoms with Gasteiger partial charge in [-0.05, 0) is 20.8 Å². The monoisotopic (exact) mass is 96.1 g/mol. The molecule has 0 saturated heterocycles. The molecule has 0 nitrogen and oxygen atoms in total. The van der Waals surface area contributed by atoms with Crippen molar-refractivity contribution in [3.05, 3.63) is 23.8 Å². The van der Waals surface area contributed by atoms with Crippen LogP contribution in [-0.2, 0) is 0 Å². The smallest absolute Gasteiger partial charge is 0.0399 e. The number of hydrogen-bond acceptors (Lipinski definition) is 0. The molecule has 0 N–H and O–H groups in total. The van der Waals surface area contributed by atoms with Crippen molar-refractivity contribution in [2.45, 2.75) is 20.8 Å². The molecule has 0 fully saturated rings. The first-order valence-electron chi connectivity index (χ1n) is 2.47. The van der Waals surface area contributed by atoms with Crippen molar-refractivity contribution in [1.29, 1.82) is 0 Å². The molecule has 0 atom stereocenters. The SMILES string of the molecule is C=C(C)/C(C)=C\C. The summed E-state index contributed by atoms with van der Waals surface area (Å²) in [5.74, 6) is 0. The van der Waals surface area contributed by atoms with Crippen LogP contribution in [0.3, 0.4) is 0 Å². The van der Waals surface area contributed by atoms with E-state index < -0.39 is 0 Å². The molecule has 0 aromatic rings. The van der Waals surface area contributed by atoms with Gasteiger partial charge in [-0.25, -0.2) is 0 Å². The second kappa shape index (κ2) is 2.62. The molecule has 0 aromatic heterocycles. The molecule has 0 aliphatic carbocycles. The molecule has 0 saturated carbocycles. The molecule has 0 heterocycles. The van der Waals surface area contributed by atoms with Gasteiger partial charge in [-0.2, -0.15) is 0 Å². The van der Waals surface area contributed by atoms with Gasteiger partial charge in [-0.1, -0.05) is 23.8 Å². The van der Waals surface area contributed by atoms with Crippen LogP contribution in [0.25, 0.3) is 0 Å². The Morgan fingerprint density at radius 2 is 1.86 bits per heavy atom. The van der Waals surface area contributed by atoms with Crippen LogP contribution >= 0.6 is 0 Å². The van der Waals surface area contributed by atoms with Crippen molar-refractivity contribution in [3.8, 4) is 0 Å². The maximum atomic E-state index is 3.76. The predicted octanol–water partition coefficient (Wildman–Crippen LogP) is 2.53. The van der Waals surface area contributed by atoms with Crippen LogP contribution in [0.15, 0.2) is 23.8 Å². The van der Waals surface area contributed by atoms with Crippen molar-refractivity contribution < 1.29 is 0 Å². The first kappa shape index (κ1) is 6.48. The number of hydrogen-bond donors (Lipinski definition) is 0. The van der Waals surface area contributed by atoms with Gasteiger partial charge >= 0.3 is 0 Å². The van der Waals surface area contributed by atoms with E-state index in [1.54, 1.807) is 0 Å². The molecular weight excluding hydrogens is 84.1 g/mol. The van der Waals surface area contributed by atoms with E-state index in [1.807, 2.05) is 13.8 Å². The molecule has 0 spiro atoms. The second-order valence-corrected chi connectivity index (χ2v) is 1.75. The summed E-state index contributed by atoms with van der Waals surface area (Å²) in [4.78, 5) is 0. The second-order valence-electron chi connectivity index (χ2n) is 1.75. The predicted molar refractivity (Wildman–Crippen MR) is 34.2 cm³/mol. The highest BCUT2D eigenvalue weighted by molar-refractivity contribution is 5.22. The molecular formula is C7H12. The van der Waals surface area contributed by atoms with E-state index in [1.165, 1.54) is 5.57 Å². The first-order valence-corrected chi connectivity index (χ1v) is 2.47. The van der Waals surface area contributed by atoms with Crippen LogP contribution in [-0.4, -0.2) is 0 Å². The van der Waals surface area contributed by atoms with E-state index in [2.05, 4.69) is 19.6 Å². The molecule has 7 heavy (non-hydrogen) atoms. The fraction of sp³-hybridized carbons (Fsp3) is 0.429. The zero-order chi connectivity index (χ0) is 5.86. The van der Waals surface area contributed by atoms with Gasteiger partial charge in [-0.15, -0.1) is 0 Å². The van der Waals surface area contributed by atoms with E-state index in [9.17, 15) is 0 Å². The van der Waals surface area contributed by atoms with Crippen LogP contribution in [0, 0.1) is 0 Å². The first-order chi connectivity index (χ1) is 3.18. The zero-order valence-corrected chi connectivity index (χ0v) is 5.28. The lowest BCUT2D eigenvalue weighted by molar-refractivity contribution is 1.34. The Kier molecular flexibility index (Phi) is 2.42. The van der Waals surface area contributed by atoms with Crippen LogP contribution < -0.4 is 0 Å². The lowest BCUT2D eigenvalue weighted by atomic mass is 10.2. The van der Waals surface area contributed by atoms with Crippen molar-refractivity contribution in [1.82, 2.24) is 0 Å². The highest BCUT2D eigenvalue weighted by Crippen LogP contribution is 2.02. The third kappa shape index (κ3) is 2.21. The Morgan fingerprint density at radius 3 is 1.86 bits per heavy atom. The maximum absolute atomic E-state index is 3.76. The Morgan fingerprint density at radius 1 is 1.43 bits per heavy atom. The highest BCUT2D eigenvalue weighted by Gasteiger charge is 1.81. The molecule has 0 bridgehead atoms. The Hall–Kier alpha value is -0.520. The average molecular weight is 96.2 g/mol. The van der Waals surface area contributed by atoms with Gasteiger partial charge in [0.25, 0.3) is 0 Å². The number of rotatable bonds is 1. The van der Waals surface area contributed by atoms with Crippen LogP contribution in [0.2, 0.25) is 0 Å². The summed E-state index contributed by atoms with van der Waals surface area (Å²) in [5, 5.41) is 0. The summed E-state index contributed by atoms with van der Waals surface area (Å²) in [5.41, 5.74) is 2.43. The summed E-state index contributed by atoms with van der Waals surface area (Å²) < 4.78 is 0. The summed E-state index contributed by atoms with van der Waals surface area (Å²) in [6.07, 6.45) is 2.06. The van der Waals surface area contributed by atoms with Gasteiger partial charge in [-0.3, -0.25) is 0 Å². The topological polar surface area (TPSA) is 0 Å². The minimum absolute atomic E-state index is 1.16. The van der Waals surface area contributed by atoms with Crippen molar-refractivity contribution in [2.75, 3.05) is 0 Å². The molecule has 0 aliphatic rings. The fourth-order valence-corrected chi connectivity index (χ4v) is 0.246. The molecule has 0 heteroatoms. The van der Waals surface area contributed by atoms with E-state index in [-0.39, 0.29) is 0 Å². The van der Waals surface area contributed by atoms with Crippen molar-refractivity contribution in [2.24, 2.45) is 0 Å². The van der Waals surface area contributed by atoms with E-state index in [0.29, 0.717) is 0 Å². The Bertz CT molecular complexity index is 96.6. The van der Waals surface area contributed by atoms with Gasteiger partial charge in [0.1, 0.15) is 0 Å². The highest BCUT2D eigenvalue weighted by atomic mass is 13.9. The lowest BCUT2D eigenvalue weighted by Gasteiger charge is -1.92. The summed E-state index contributed by atoms with van der Waals surface area (Å²) in [7, 11) is 0. The maximum Gasteiger partial charge on any atom is -0.0399 e. The molecule has 0 rings (SSSR count). The standard InChI is InChI=1S/C7H12/c1-5-7(4)6(2)3/h5H,2H2,1,3-4H3/b7-5-. The summed E-state index contributed by atoms with van der Waals surface area (Å²) >= 11 is 0. The van der Waals surface area contributed by atoms with E-state index in [4.69, 9.17) is 0 Å². The van der Waals surface area contributed by atoms with Gasteiger partial charge in [0, 0.05) is 0 Å². The van der Waals surface area contributed by atoms with Gasteiger partial charge in [0.15, 0.2) is 0 Å². The summed E-state index contributed by atoms with van der Waals surface area (Å²) in [6, 6.07) is 0. The van der Waals surface area contributed by atoms with Crippen molar-refractivity contribution in [3.63, 3.8) is 0 Å². The van der Waals surface area contributed by atoms with Crippen molar-refractivity contribution >= 4 is 0 Å². The molecule has 0 unspecified atom stereocenters. The zero-order valence-electron chi connectivity index (χ0n) is 5.28. The number of allylic oxidation sites excluding steroid dienone is 3. The Balaban J connectivity index is 3.82. The minimum atomic E-state index is 1.16. The molecule has 0 aromatic carbocycles. The van der Waals surface area contributed by atoms with Crippen LogP contribution in [0.1, 0.15) is 20.8 Å². The largest absolute Gasteiger partial charge is 0.0959 e. The normalized spacial score (nSPS) is 11.6. The van der Waals surface area contributed by atoms with Gasteiger partial charge in [0.2, 0.25) is 0 Å². The van der Waals surface area contributed by atoms with E-state index in [0.717, 1.165) is 5.57 Å². The molecule has 0 amide bonds. The molecule has 0 aliphatic heterocycles. The molecule has 0 radical (unpaired) electrons. The van der Waals surface area contributed by atoms with Crippen LogP contribution in [0.4, 0.5) is 0 Å². The van der Waals surface area contributed by atoms with Gasteiger partial charge < -0.3 is 0 Å². The fourth-order valence-electron chi connectivity index (χ4n) is 0.246. The lowest BCUT2D eigenvalue weighted by Crippen LogP contribution is -1.71. The average Bonchev–Trinajstić information content (AvgIpc) is 1.65. The van der Waals surface area contributed by atoms with Crippen LogP contribution in [0.5, 0.6) is 0 Å². The Labute approximate surface area is 45.5 Å².